The van der Waals surface area contributed by atoms with E-state index in [-0.39, 0.29) is 12.2 Å². The minimum atomic E-state index is -1.92. The fraction of sp³-hybridized carbons (Fsp3) is 0.286. The number of aliphatic hydroxyl groups is 1. The number of amides is 1. The molecule has 1 aliphatic rings. The lowest BCUT2D eigenvalue weighted by molar-refractivity contribution is -0.132. The van der Waals surface area contributed by atoms with Crippen LogP contribution in [-0.4, -0.2) is 23.6 Å². The van der Waals surface area contributed by atoms with Gasteiger partial charge < -0.3 is 14.6 Å². The van der Waals surface area contributed by atoms with Gasteiger partial charge in [0.25, 0.3) is 5.78 Å². The fourth-order valence-electron chi connectivity index (χ4n) is 2.03. The molecule has 1 aromatic rings. The third kappa shape index (κ3) is 2.59. The smallest absolute Gasteiger partial charge is 0.414 e. The summed E-state index contributed by atoms with van der Waals surface area (Å²) < 4.78 is 36.6. The molecule has 0 bridgehead atoms. The largest absolute Gasteiger partial charge is 0.501 e. The van der Waals surface area contributed by atoms with E-state index in [1.807, 2.05) is 5.32 Å². The molecule has 1 atom stereocenters. The lowest BCUT2D eigenvalue weighted by atomic mass is 9.91. The van der Waals surface area contributed by atoms with Gasteiger partial charge in [-0.05, 0) is 26.0 Å². The number of nitrogens with one attached hydrogen (secondary N) is 1. The molecular formula is C14H13F2NO5. The standard InChI is InChI=1S/C14H13F2NO5/c1-3-21-13(20)17-12-10(18)11(19)14(2,22-12)8-5-4-7(15)6-9(8)16/h4-6,18H,3H2,1-2H3,(H,17,20). The highest BCUT2D eigenvalue weighted by Gasteiger charge is 2.49. The maximum absolute atomic E-state index is 13.9. The molecule has 118 valence electrons. The van der Waals surface area contributed by atoms with Gasteiger partial charge in [0, 0.05) is 11.6 Å². The van der Waals surface area contributed by atoms with Crippen LogP contribution in [0.25, 0.3) is 0 Å². The second kappa shape index (κ2) is 5.63. The Morgan fingerprint density at radius 3 is 2.73 bits per heavy atom. The highest BCUT2D eigenvalue weighted by atomic mass is 19.1. The highest BCUT2D eigenvalue weighted by Crippen LogP contribution is 2.38. The summed E-state index contributed by atoms with van der Waals surface area (Å²) in [7, 11) is 0. The van der Waals surface area contributed by atoms with Gasteiger partial charge >= 0.3 is 6.09 Å². The number of carbonyl (C=O) groups is 2. The molecule has 0 aliphatic carbocycles. The second-order valence-corrected chi connectivity index (χ2v) is 4.61. The zero-order valence-electron chi connectivity index (χ0n) is 11.8. The van der Waals surface area contributed by atoms with Crippen LogP contribution in [0.15, 0.2) is 29.8 Å². The van der Waals surface area contributed by atoms with Gasteiger partial charge in [0.15, 0.2) is 0 Å². The van der Waals surface area contributed by atoms with Crippen LogP contribution in [-0.2, 0) is 19.9 Å². The van der Waals surface area contributed by atoms with E-state index in [4.69, 9.17) is 4.74 Å². The Morgan fingerprint density at radius 1 is 1.45 bits per heavy atom. The molecule has 1 aromatic carbocycles. The predicted molar refractivity (Wildman–Crippen MR) is 69.6 cm³/mol. The molecular weight excluding hydrogens is 300 g/mol. The fourth-order valence-corrected chi connectivity index (χ4v) is 2.03. The first kappa shape index (κ1) is 15.7. The maximum atomic E-state index is 13.9. The molecule has 2 rings (SSSR count). The van der Waals surface area contributed by atoms with Gasteiger partial charge in [0.2, 0.25) is 17.2 Å². The lowest BCUT2D eigenvalue weighted by Gasteiger charge is -2.23. The van der Waals surface area contributed by atoms with E-state index in [9.17, 15) is 23.5 Å². The van der Waals surface area contributed by atoms with Gasteiger partial charge in [0.05, 0.1) is 6.61 Å². The topological polar surface area (TPSA) is 84.9 Å². The van der Waals surface area contributed by atoms with Crippen LogP contribution >= 0.6 is 0 Å². The van der Waals surface area contributed by atoms with Gasteiger partial charge in [-0.3, -0.25) is 10.1 Å². The van der Waals surface area contributed by atoms with Crippen LogP contribution in [0, 0.1) is 11.6 Å². The van der Waals surface area contributed by atoms with Crippen LogP contribution < -0.4 is 5.32 Å². The van der Waals surface area contributed by atoms with Crippen molar-refractivity contribution in [1.29, 1.82) is 0 Å². The Kier molecular flexibility index (Phi) is 4.03. The van der Waals surface area contributed by atoms with Crippen molar-refractivity contribution in [3.8, 4) is 0 Å². The van der Waals surface area contributed by atoms with Gasteiger partial charge in [-0.2, -0.15) is 0 Å². The minimum Gasteiger partial charge on any atom is -0.501 e. The van der Waals surface area contributed by atoms with Gasteiger partial charge in [-0.15, -0.1) is 0 Å². The predicted octanol–water partition coefficient (Wildman–Crippen LogP) is 2.25. The van der Waals surface area contributed by atoms with Crippen LogP contribution in [0.3, 0.4) is 0 Å². The summed E-state index contributed by atoms with van der Waals surface area (Å²) >= 11 is 0. The van der Waals surface area contributed by atoms with E-state index in [0.717, 1.165) is 12.1 Å². The molecule has 0 fully saturated rings. The molecule has 22 heavy (non-hydrogen) atoms. The third-order valence-electron chi connectivity index (χ3n) is 3.11. The molecule has 0 radical (unpaired) electrons. The quantitative estimate of drug-likeness (QED) is 0.894. The number of Topliss-reactive ketones (excluding diaryl/α,β-unsaturated/α-hetero) is 1. The zero-order chi connectivity index (χ0) is 16.5. The number of benzene rings is 1. The molecule has 0 spiro atoms. The Balaban J connectivity index is 2.32. The zero-order valence-corrected chi connectivity index (χ0v) is 11.8. The summed E-state index contributed by atoms with van der Waals surface area (Å²) in [5, 5.41) is 11.8. The van der Waals surface area contributed by atoms with Crippen molar-refractivity contribution in [2.24, 2.45) is 0 Å². The first-order valence-corrected chi connectivity index (χ1v) is 6.36. The molecule has 6 nitrogen and oxygen atoms in total. The van der Waals surface area contributed by atoms with Gasteiger partial charge in [-0.1, -0.05) is 0 Å². The number of halogens is 2. The summed E-state index contributed by atoms with van der Waals surface area (Å²) in [4.78, 5) is 23.4. The molecule has 2 N–H and O–H groups in total. The Bertz CT molecular complexity index is 673. The van der Waals surface area contributed by atoms with Crippen LogP contribution in [0.2, 0.25) is 0 Å². The number of ether oxygens (including phenoxy) is 2. The van der Waals surface area contributed by atoms with E-state index < -0.39 is 40.8 Å². The molecule has 0 saturated heterocycles. The summed E-state index contributed by atoms with van der Waals surface area (Å²) in [6.45, 7) is 2.83. The SMILES string of the molecule is CCOC(=O)NC1=C(O)C(=O)C(C)(c2ccc(F)cc2F)O1. The summed E-state index contributed by atoms with van der Waals surface area (Å²) in [5.74, 6) is -4.22. The monoisotopic (exact) mass is 313 g/mol. The maximum Gasteiger partial charge on any atom is 0.414 e. The molecule has 1 amide bonds. The van der Waals surface area contributed by atoms with Crippen molar-refractivity contribution >= 4 is 11.9 Å². The number of alkyl carbamates (subject to hydrolysis) is 1. The second-order valence-electron chi connectivity index (χ2n) is 4.61. The average Bonchev–Trinajstić information content (AvgIpc) is 2.64. The average molecular weight is 313 g/mol. The van der Waals surface area contributed by atoms with Gasteiger partial charge in [-0.25, -0.2) is 13.6 Å². The van der Waals surface area contributed by atoms with Crippen molar-refractivity contribution in [3.63, 3.8) is 0 Å². The van der Waals surface area contributed by atoms with Crippen LogP contribution in [0.1, 0.15) is 19.4 Å². The van der Waals surface area contributed by atoms with E-state index in [1.54, 1.807) is 6.92 Å². The van der Waals surface area contributed by atoms with E-state index in [1.165, 1.54) is 6.92 Å². The van der Waals surface area contributed by atoms with Crippen molar-refractivity contribution < 1.29 is 33.0 Å². The highest BCUT2D eigenvalue weighted by molar-refractivity contribution is 6.03. The molecule has 1 heterocycles. The lowest BCUT2D eigenvalue weighted by Crippen LogP contribution is -2.33. The number of aliphatic hydroxyl groups excluding tert-OH is 1. The van der Waals surface area contributed by atoms with Crippen molar-refractivity contribution in [2.75, 3.05) is 6.61 Å². The third-order valence-corrected chi connectivity index (χ3v) is 3.11. The Morgan fingerprint density at radius 2 is 2.14 bits per heavy atom. The van der Waals surface area contributed by atoms with E-state index in [2.05, 4.69) is 4.74 Å². The number of hydrogen-bond donors (Lipinski definition) is 2. The molecule has 0 aromatic heterocycles. The first-order valence-electron chi connectivity index (χ1n) is 6.36. The summed E-state index contributed by atoms with van der Waals surface area (Å²) in [6.07, 6.45) is -0.944. The normalized spacial score (nSPS) is 20.8. The van der Waals surface area contributed by atoms with Crippen molar-refractivity contribution in [3.05, 3.63) is 47.0 Å². The first-order chi connectivity index (χ1) is 10.3. The minimum absolute atomic E-state index is 0.0671. The van der Waals surface area contributed by atoms with E-state index >= 15 is 0 Å². The number of ketones is 1. The molecule has 1 aliphatic heterocycles. The molecule has 8 heteroatoms. The van der Waals surface area contributed by atoms with Crippen LogP contribution in [0.5, 0.6) is 0 Å². The van der Waals surface area contributed by atoms with Crippen molar-refractivity contribution in [1.82, 2.24) is 5.32 Å². The number of hydrogen-bond acceptors (Lipinski definition) is 5. The van der Waals surface area contributed by atoms with Crippen molar-refractivity contribution in [2.45, 2.75) is 19.4 Å². The molecule has 0 saturated carbocycles. The molecule has 1 unspecified atom stereocenters. The Hall–Kier alpha value is -2.64. The summed E-state index contributed by atoms with van der Waals surface area (Å²) in [5.41, 5.74) is -2.19. The number of rotatable bonds is 3. The van der Waals surface area contributed by atoms with Crippen LogP contribution in [0.4, 0.5) is 13.6 Å². The Labute approximate surface area is 124 Å². The van der Waals surface area contributed by atoms with Gasteiger partial charge in [0.1, 0.15) is 11.6 Å². The number of carbonyl (C=O) groups excluding carboxylic acids is 2. The van der Waals surface area contributed by atoms with E-state index in [0.29, 0.717) is 6.07 Å². The summed E-state index contributed by atoms with van der Waals surface area (Å²) in [6, 6.07) is 2.57.